The number of amides is 4. The molecule has 2 aliphatic heterocycles. The first-order valence-corrected chi connectivity index (χ1v) is 20.5. The summed E-state index contributed by atoms with van der Waals surface area (Å²) in [7, 11) is -2.40. The molecule has 4 N–H and O–H groups in total. The van der Waals surface area contributed by atoms with Crippen LogP contribution in [0.25, 0.3) is 22.0 Å². The molecule has 3 aromatic rings. The van der Waals surface area contributed by atoms with Crippen LogP contribution < -0.4 is 24.8 Å². The Bertz CT molecular complexity index is 2180. The lowest BCUT2D eigenvalue weighted by Crippen LogP contribution is -2.59. The Morgan fingerprint density at radius 1 is 1.05 bits per heavy atom. The van der Waals surface area contributed by atoms with Gasteiger partial charge in [0.05, 0.1) is 24.6 Å². The van der Waals surface area contributed by atoms with Gasteiger partial charge in [-0.25, -0.2) is 22.6 Å². The molecule has 56 heavy (non-hydrogen) atoms. The standard InChI is InChI=1S/C40H46FN5O9S/c1-22-6-4-5-7-26-20-40(26,38(49)45-56(52,53)30-13-14-30)44-35(47)33-19-29(21-46(33)37(48)34(23(2)16-22)43-39(50)51)55-36-31-15-12-28(54-3)17-25(31)18-32(42-36)24-8-10-27(41)11-9-24/h5,7-12,15,17-18,22-23,26,29-30,33-34,43H,4,6,13-14,16,19-21H2,1-3H3,(H,44,47)(H,45,49)(H,50,51)/b7-5-/t22-,23+,26+,29+,33-,34-,40+/m0/s1. The quantitative estimate of drug-likeness (QED) is 0.236. The second-order valence-corrected chi connectivity index (χ2v) is 17.5. The Balaban J connectivity index is 1.25. The lowest BCUT2D eigenvalue weighted by atomic mass is 9.88. The van der Waals surface area contributed by atoms with Gasteiger partial charge in [0, 0.05) is 23.3 Å². The molecule has 0 spiro atoms. The number of aromatic nitrogens is 1. The van der Waals surface area contributed by atoms with Crippen molar-refractivity contribution in [3.63, 3.8) is 0 Å². The summed E-state index contributed by atoms with van der Waals surface area (Å²) in [6.07, 6.45) is 4.38. The first kappa shape index (κ1) is 39.0. The van der Waals surface area contributed by atoms with Crippen molar-refractivity contribution in [1.82, 2.24) is 25.2 Å². The number of nitrogens with zero attached hydrogens (tertiary/aromatic N) is 2. The average molecular weight is 792 g/mol. The number of halogens is 1. The van der Waals surface area contributed by atoms with Crippen molar-refractivity contribution in [2.24, 2.45) is 17.8 Å². The summed E-state index contributed by atoms with van der Waals surface area (Å²) in [5, 5.41) is 15.7. The molecule has 1 aromatic heterocycles. The molecule has 7 atom stereocenters. The van der Waals surface area contributed by atoms with E-state index in [-0.39, 0.29) is 31.2 Å². The summed E-state index contributed by atoms with van der Waals surface area (Å²) in [5.41, 5.74) is -0.486. The number of pyridine rings is 1. The highest BCUT2D eigenvalue weighted by Gasteiger charge is 2.62. The highest BCUT2D eigenvalue weighted by molar-refractivity contribution is 7.91. The fourth-order valence-electron chi connectivity index (χ4n) is 7.98. The van der Waals surface area contributed by atoms with Crippen molar-refractivity contribution in [2.75, 3.05) is 13.7 Å². The molecule has 14 nitrogen and oxygen atoms in total. The predicted molar refractivity (Wildman–Crippen MR) is 204 cm³/mol. The van der Waals surface area contributed by atoms with Gasteiger partial charge in [-0.1, -0.05) is 26.0 Å². The zero-order valence-corrected chi connectivity index (χ0v) is 32.2. The Morgan fingerprint density at radius 3 is 2.50 bits per heavy atom. The third-order valence-electron chi connectivity index (χ3n) is 11.3. The van der Waals surface area contributed by atoms with Gasteiger partial charge in [-0.05, 0) is 104 Å². The van der Waals surface area contributed by atoms with E-state index in [2.05, 4.69) is 15.4 Å². The normalized spacial score (nSPS) is 28.8. The summed E-state index contributed by atoms with van der Waals surface area (Å²) in [4.78, 5) is 60.9. The number of methoxy groups -OCH3 is 1. The number of carbonyl (C=O) groups excluding carboxylic acids is 3. The van der Waals surface area contributed by atoms with E-state index in [0.29, 0.717) is 53.5 Å². The summed E-state index contributed by atoms with van der Waals surface area (Å²) in [6, 6.07) is 10.5. The minimum Gasteiger partial charge on any atom is -0.497 e. The van der Waals surface area contributed by atoms with Crippen LogP contribution >= 0.6 is 0 Å². The van der Waals surface area contributed by atoms with Gasteiger partial charge in [0.2, 0.25) is 27.7 Å². The number of nitrogens with one attached hydrogen (secondary N) is 3. The van der Waals surface area contributed by atoms with E-state index < -0.39 is 80.5 Å². The highest BCUT2D eigenvalue weighted by Crippen LogP contribution is 2.46. The second-order valence-electron chi connectivity index (χ2n) is 15.6. The number of benzene rings is 2. The predicted octanol–water partition coefficient (Wildman–Crippen LogP) is 4.53. The van der Waals surface area contributed by atoms with Gasteiger partial charge in [0.1, 0.15) is 35.3 Å². The first-order valence-electron chi connectivity index (χ1n) is 18.9. The van der Waals surface area contributed by atoms with E-state index in [9.17, 15) is 37.1 Å². The van der Waals surface area contributed by atoms with Crippen molar-refractivity contribution in [3.8, 4) is 22.9 Å². The van der Waals surface area contributed by atoms with Crippen LogP contribution in [0.15, 0.2) is 60.7 Å². The van der Waals surface area contributed by atoms with Crippen molar-refractivity contribution in [1.29, 1.82) is 0 Å². The third kappa shape index (κ3) is 8.15. The molecule has 2 saturated carbocycles. The maximum atomic E-state index is 14.5. The Morgan fingerprint density at radius 2 is 1.80 bits per heavy atom. The van der Waals surface area contributed by atoms with E-state index in [4.69, 9.17) is 14.5 Å². The van der Waals surface area contributed by atoms with Crippen molar-refractivity contribution in [3.05, 3.63) is 66.5 Å². The number of hydrogen-bond acceptors (Lipinski definition) is 9. The number of rotatable bonds is 8. The summed E-state index contributed by atoms with van der Waals surface area (Å²) in [5.74, 6) is -2.66. The van der Waals surface area contributed by atoms with Gasteiger partial charge in [-0.15, -0.1) is 0 Å². The van der Waals surface area contributed by atoms with Crippen molar-refractivity contribution in [2.45, 2.75) is 87.8 Å². The lowest BCUT2D eigenvalue weighted by molar-refractivity contribution is -0.142. The zero-order valence-electron chi connectivity index (χ0n) is 31.4. The average Bonchev–Trinajstić information content (AvgIpc) is 4.08. The molecule has 7 rings (SSSR count). The number of carboxylic acid groups (broad SMARTS) is 1. The van der Waals surface area contributed by atoms with E-state index >= 15 is 0 Å². The van der Waals surface area contributed by atoms with Gasteiger partial charge < -0.3 is 30.1 Å². The fraction of sp³-hybridized carbons (Fsp3) is 0.475. The Hall–Kier alpha value is -5.25. The summed E-state index contributed by atoms with van der Waals surface area (Å²) < 4.78 is 53.8. The van der Waals surface area contributed by atoms with E-state index in [1.165, 1.54) is 24.1 Å². The van der Waals surface area contributed by atoms with Gasteiger partial charge in [-0.2, -0.15) is 0 Å². The molecule has 16 heteroatoms. The number of allylic oxidation sites excluding steroid dienone is 1. The van der Waals surface area contributed by atoms with Gasteiger partial charge >= 0.3 is 6.09 Å². The smallest absolute Gasteiger partial charge is 0.405 e. The van der Waals surface area contributed by atoms with Crippen molar-refractivity contribution < 1.29 is 46.6 Å². The summed E-state index contributed by atoms with van der Waals surface area (Å²) in [6.45, 7) is 3.68. The molecule has 3 heterocycles. The molecule has 4 amide bonds. The van der Waals surface area contributed by atoms with Crippen LogP contribution in [-0.2, 0) is 24.4 Å². The minimum absolute atomic E-state index is 0.0547. The van der Waals surface area contributed by atoms with E-state index in [0.717, 1.165) is 6.42 Å². The molecule has 0 unspecified atom stereocenters. The van der Waals surface area contributed by atoms with E-state index in [1.54, 1.807) is 37.3 Å². The largest absolute Gasteiger partial charge is 0.497 e. The van der Waals surface area contributed by atoms with Gasteiger partial charge in [0.25, 0.3) is 5.91 Å². The zero-order chi connectivity index (χ0) is 39.9. The Kier molecular flexibility index (Phi) is 10.7. The topological polar surface area (TPSA) is 193 Å². The van der Waals surface area contributed by atoms with Gasteiger partial charge in [-0.3, -0.25) is 19.1 Å². The monoisotopic (exact) mass is 791 g/mol. The molecule has 2 aliphatic carbocycles. The van der Waals surface area contributed by atoms with Crippen LogP contribution in [0.5, 0.6) is 11.6 Å². The van der Waals surface area contributed by atoms with E-state index in [1.807, 2.05) is 25.1 Å². The first-order chi connectivity index (χ1) is 26.7. The minimum atomic E-state index is -3.94. The van der Waals surface area contributed by atoms with Crippen molar-refractivity contribution >= 4 is 44.6 Å². The lowest BCUT2D eigenvalue weighted by Gasteiger charge is -2.32. The van der Waals surface area contributed by atoms with Crippen LogP contribution in [0.1, 0.15) is 58.8 Å². The third-order valence-corrected chi connectivity index (χ3v) is 13.1. The number of ether oxygens (including phenoxy) is 2. The number of carbonyl (C=O) groups is 4. The second kappa shape index (κ2) is 15.4. The Labute approximate surface area is 324 Å². The number of hydrogen-bond donors (Lipinski definition) is 4. The molecule has 2 aromatic carbocycles. The maximum absolute atomic E-state index is 14.5. The molecule has 0 bridgehead atoms. The highest BCUT2D eigenvalue weighted by atomic mass is 32.2. The molecule has 298 valence electrons. The maximum Gasteiger partial charge on any atom is 0.405 e. The van der Waals surface area contributed by atoms with Crippen LogP contribution in [-0.4, -0.2) is 89.9 Å². The van der Waals surface area contributed by atoms with Crippen LogP contribution in [0.4, 0.5) is 9.18 Å². The fourth-order valence-corrected chi connectivity index (χ4v) is 9.34. The van der Waals surface area contributed by atoms with Crippen LogP contribution in [0.2, 0.25) is 0 Å². The molecule has 1 saturated heterocycles. The number of sulfonamides is 1. The molecular formula is C40H46FN5O9S. The number of fused-ring (bicyclic) bond motifs is 3. The molecule has 4 aliphatic rings. The molecule has 3 fully saturated rings. The van der Waals surface area contributed by atoms with Gasteiger partial charge in [0.15, 0.2) is 0 Å². The van der Waals surface area contributed by atoms with Crippen LogP contribution in [0, 0.1) is 23.6 Å². The molecule has 0 radical (unpaired) electrons. The SMILES string of the molecule is COc1ccc2c(O[C@@H]3C[C@H]4C(=O)N[C@]5(C(=O)NS(=O)(=O)C6CC6)C[C@H]5/C=C\CC[C@H](C)C[C@@H](C)[C@H](NC(=O)O)C(=O)N4C3)nc(-c3ccc(F)cc3)cc2c1. The van der Waals surface area contributed by atoms with Crippen LogP contribution in [0.3, 0.4) is 0 Å². The molecular weight excluding hydrogens is 746 g/mol. The summed E-state index contributed by atoms with van der Waals surface area (Å²) >= 11 is 0.